The zero-order valence-electron chi connectivity index (χ0n) is 11.5. The summed E-state index contributed by atoms with van der Waals surface area (Å²) in [5.74, 6) is 0.820. The average molecular weight is 295 g/mol. The summed E-state index contributed by atoms with van der Waals surface area (Å²) in [6.45, 7) is 1.04. The number of aromatic nitrogens is 3. The molecule has 0 N–H and O–H groups in total. The first-order valence-corrected chi connectivity index (χ1v) is 7.85. The van der Waals surface area contributed by atoms with Gasteiger partial charge in [-0.15, -0.1) is 0 Å². The van der Waals surface area contributed by atoms with Crippen molar-refractivity contribution in [1.82, 2.24) is 23.0 Å². The molecule has 1 atom stereocenters. The molecule has 1 aliphatic rings. The Morgan fingerprint density at radius 2 is 2.05 bits per heavy atom. The third-order valence-electron chi connectivity index (χ3n) is 3.69. The van der Waals surface area contributed by atoms with Crippen molar-refractivity contribution < 1.29 is 8.42 Å². The fourth-order valence-corrected chi connectivity index (χ4v) is 3.76. The maximum absolute atomic E-state index is 12.1. The van der Waals surface area contributed by atoms with E-state index in [1.54, 1.807) is 26.5 Å². The van der Waals surface area contributed by atoms with Crippen molar-refractivity contribution >= 4 is 16.0 Å². The van der Waals surface area contributed by atoms with Crippen molar-refractivity contribution in [3.63, 3.8) is 0 Å². The van der Waals surface area contributed by atoms with Crippen molar-refractivity contribution in [3.05, 3.63) is 30.4 Å². The van der Waals surface area contributed by atoms with Crippen LogP contribution in [0, 0.1) is 0 Å². The summed E-state index contributed by atoms with van der Waals surface area (Å²) in [5.41, 5.74) is 1.06. The van der Waals surface area contributed by atoms with Gasteiger partial charge < -0.3 is 0 Å². The Balaban J connectivity index is 1.90. The summed E-state index contributed by atoms with van der Waals surface area (Å²) in [5, 5.41) is 0. The van der Waals surface area contributed by atoms with Crippen molar-refractivity contribution in [2.75, 3.05) is 27.2 Å². The monoisotopic (exact) mass is 295 g/mol. The molecule has 108 valence electrons. The number of rotatable bonds is 3. The number of hydrogen-bond donors (Lipinski definition) is 0. The fraction of sp³-hybridized carbons (Fsp3) is 0.500. The summed E-state index contributed by atoms with van der Waals surface area (Å²) in [7, 11) is -0.214. The first kappa shape index (κ1) is 13.5. The van der Waals surface area contributed by atoms with Crippen LogP contribution in [0.2, 0.25) is 0 Å². The van der Waals surface area contributed by atoms with E-state index < -0.39 is 10.2 Å². The fourth-order valence-electron chi connectivity index (χ4n) is 2.60. The van der Waals surface area contributed by atoms with E-state index in [9.17, 15) is 8.42 Å². The lowest BCUT2D eigenvalue weighted by atomic mass is 10.0. The molecule has 7 nitrogen and oxygen atoms in total. The first-order chi connectivity index (χ1) is 9.50. The molecule has 2 aromatic rings. The molecule has 0 spiro atoms. The van der Waals surface area contributed by atoms with Crippen LogP contribution in [0.1, 0.15) is 18.0 Å². The van der Waals surface area contributed by atoms with E-state index in [0.717, 1.165) is 12.1 Å². The standard InChI is InChI=1S/C12H17N5O2S/c1-15(2)20(18,19)16-7-4-10(9-16)11-3-5-13-12-14-6-8-17(11)12/h3,5-6,8,10H,4,7,9H2,1-2H3/t10-/m0/s1. The minimum Gasteiger partial charge on any atom is -0.288 e. The molecule has 20 heavy (non-hydrogen) atoms. The Morgan fingerprint density at radius 3 is 2.80 bits per heavy atom. The zero-order chi connectivity index (χ0) is 14.3. The van der Waals surface area contributed by atoms with Crippen LogP contribution in [0.5, 0.6) is 0 Å². The van der Waals surface area contributed by atoms with E-state index in [4.69, 9.17) is 0 Å². The van der Waals surface area contributed by atoms with E-state index in [1.807, 2.05) is 16.7 Å². The highest BCUT2D eigenvalue weighted by Gasteiger charge is 2.34. The molecule has 0 radical (unpaired) electrons. The molecule has 1 fully saturated rings. The second kappa shape index (κ2) is 4.80. The van der Waals surface area contributed by atoms with Gasteiger partial charge in [-0.2, -0.15) is 17.0 Å². The Hall–Kier alpha value is -1.51. The lowest BCUT2D eigenvalue weighted by Crippen LogP contribution is -2.38. The second-order valence-corrected chi connectivity index (χ2v) is 7.24. The number of nitrogens with zero attached hydrogens (tertiary/aromatic N) is 5. The van der Waals surface area contributed by atoms with Gasteiger partial charge in [-0.05, 0) is 12.5 Å². The van der Waals surface area contributed by atoms with Crippen molar-refractivity contribution in [2.45, 2.75) is 12.3 Å². The lowest BCUT2D eigenvalue weighted by Gasteiger charge is -2.21. The Kier molecular flexibility index (Phi) is 3.23. The van der Waals surface area contributed by atoms with Crippen LogP contribution in [0.15, 0.2) is 24.7 Å². The molecule has 0 saturated carbocycles. The predicted molar refractivity (Wildman–Crippen MR) is 74.5 cm³/mol. The van der Waals surface area contributed by atoms with Crippen LogP contribution in [-0.4, -0.2) is 58.6 Å². The second-order valence-electron chi connectivity index (χ2n) is 5.10. The normalized spacial score (nSPS) is 21.1. The molecule has 2 aromatic heterocycles. The lowest BCUT2D eigenvalue weighted by molar-refractivity contribution is 0.418. The smallest absolute Gasteiger partial charge is 0.281 e. The van der Waals surface area contributed by atoms with Gasteiger partial charge in [0.15, 0.2) is 0 Å². The van der Waals surface area contributed by atoms with Crippen LogP contribution in [0.3, 0.4) is 0 Å². The zero-order valence-corrected chi connectivity index (χ0v) is 12.3. The summed E-state index contributed by atoms with van der Waals surface area (Å²) in [4.78, 5) is 8.34. The molecule has 3 rings (SSSR count). The van der Waals surface area contributed by atoms with E-state index in [2.05, 4.69) is 9.97 Å². The maximum atomic E-state index is 12.1. The Labute approximate surface area is 118 Å². The van der Waals surface area contributed by atoms with Gasteiger partial charge in [0.1, 0.15) is 0 Å². The van der Waals surface area contributed by atoms with Gasteiger partial charge in [-0.3, -0.25) is 4.40 Å². The molecule has 1 aliphatic heterocycles. The highest BCUT2D eigenvalue weighted by molar-refractivity contribution is 7.86. The van der Waals surface area contributed by atoms with Crippen LogP contribution >= 0.6 is 0 Å². The van der Waals surface area contributed by atoms with Gasteiger partial charge in [0.25, 0.3) is 10.2 Å². The molecule has 0 aliphatic carbocycles. The molecular formula is C12H17N5O2S. The molecule has 8 heteroatoms. The van der Waals surface area contributed by atoms with Gasteiger partial charge in [0.05, 0.1) is 0 Å². The highest BCUT2D eigenvalue weighted by atomic mass is 32.2. The topological polar surface area (TPSA) is 70.8 Å². The van der Waals surface area contributed by atoms with Crippen molar-refractivity contribution in [2.24, 2.45) is 0 Å². The highest BCUT2D eigenvalue weighted by Crippen LogP contribution is 2.29. The molecule has 0 unspecified atom stereocenters. The Morgan fingerprint density at radius 1 is 1.30 bits per heavy atom. The van der Waals surface area contributed by atoms with Crippen LogP contribution in [0.25, 0.3) is 5.78 Å². The van der Waals surface area contributed by atoms with Gasteiger partial charge in [0, 0.05) is 57.4 Å². The SMILES string of the molecule is CN(C)S(=O)(=O)N1CC[C@H](c2ccnc3nccn23)C1. The first-order valence-electron chi connectivity index (χ1n) is 6.45. The summed E-state index contributed by atoms with van der Waals surface area (Å²) in [6.07, 6.45) is 6.10. The van der Waals surface area contributed by atoms with Gasteiger partial charge in [0.2, 0.25) is 5.78 Å². The van der Waals surface area contributed by atoms with Crippen LogP contribution in [-0.2, 0) is 10.2 Å². The number of imidazole rings is 1. The number of hydrogen-bond acceptors (Lipinski definition) is 4. The van der Waals surface area contributed by atoms with E-state index in [-0.39, 0.29) is 5.92 Å². The van der Waals surface area contributed by atoms with E-state index in [0.29, 0.717) is 18.9 Å². The minimum absolute atomic E-state index is 0.171. The third-order valence-corrected chi connectivity index (χ3v) is 5.60. The number of fused-ring (bicyclic) bond motifs is 1. The molecular weight excluding hydrogens is 278 g/mol. The summed E-state index contributed by atoms with van der Waals surface area (Å²) < 4.78 is 29.0. The molecule has 0 bridgehead atoms. The average Bonchev–Trinajstić information content (AvgIpc) is 3.07. The van der Waals surface area contributed by atoms with E-state index >= 15 is 0 Å². The van der Waals surface area contributed by atoms with Gasteiger partial charge >= 0.3 is 0 Å². The Bertz CT molecular complexity index is 724. The minimum atomic E-state index is -3.33. The van der Waals surface area contributed by atoms with Crippen LogP contribution < -0.4 is 0 Å². The van der Waals surface area contributed by atoms with Gasteiger partial charge in [-0.1, -0.05) is 0 Å². The van der Waals surface area contributed by atoms with Crippen LogP contribution in [0.4, 0.5) is 0 Å². The van der Waals surface area contributed by atoms with Gasteiger partial charge in [-0.25, -0.2) is 9.97 Å². The quantitative estimate of drug-likeness (QED) is 0.818. The third kappa shape index (κ3) is 2.09. The predicted octanol–water partition coefficient (Wildman–Crippen LogP) is 0.325. The molecule has 1 saturated heterocycles. The molecule has 0 aromatic carbocycles. The summed E-state index contributed by atoms with van der Waals surface area (Å²) in [6, 6.07) is 1.94. The largest absolute Gasteiger partial charge is 0.288 e. The van der Waals surface area contributed by atoms with E-state index in [1.165, 1.54) is 8.61 Å². The maximum Gasteiger partial charge on any atom is 0.281 e. The summed E-state index contributed by atoms with van der Waals surface area (Å²) >= 11 is 0. The molecule has 3 heterocycles. The molecule has 0 amide bonds. The van der Waals surface area contributed by atoms with Crippen molar-refractivity contribution in [3.8, 4) is 0 Å². The van der Waals surface area contributed by atoms with Crippen molar-refractivity contribution in [1.29, 1.82) is 0 Å².